The number of hydrogen-bond donors (Lipinski definition) is 1. The molecule has 4 rings (SSSR count). The number of nitrogens with zero attached hydrogens (tertiary/aromatic N) is 1. The third-order valence-electron chi connectivity index (χ3n) is 9.18. The molecule has 2 N–H and O–H groups in total. The van der Waals surface area contributed by atoms with Crippen molar-refractivity contribution < 1.29 is 14.4 Å². The van der Waals surface area contributed by atoms with Gasteiger partial charge in [0.2, 0.25) is 0 Å². The van der Waals surface area contributed by atoms with Gasteiger partial charge in [0.1, 0.15) is 12.4 Å². The van der Waals surface area contributed by atoms with Gasteiger partial charge in [0.25, 0.3) is 0 Å². The number of Topliss-reactive ketones (excluding diaryl/α,β-unsaturated/α-hetero) is 1. The second kappa shape index (κ2) is 8.84. The van der Waals surface area contributed by atoms with Crippen LogP contribution in [0, 0.1) is 40.4 Å². The van der Waals surface area contributed by atoms with Gasteiger partial charge in [-0.25, -0.2) is 0 Å². The molecule has 4 aliphatic carbocycles. The van der Waals surface area contributed by atoms with Crippen molar-refractivity contribution in [2.75, 3.05) is 26.9 Å². The first-order valence-corrected chi connectivity index (χ1v) is 11.3. The van der Waals surface area contributed by atoms with E-state index in [1.54, 1.807) is 0 Å². The van der Waals surface area contributed by atoms with Crippen molar-refractivity contribution in [3.05, 3.63) is 0 Å². The lowest BCUT2D eigenvalue weighted by Gasteiger charge is -2.61. The van der Waals surface area contributed by atoms with E-state index in [4.69, 9.17) is 15.3 Å². The van der Waals surface area contributed by atoms with Crippen LogP contribution in [-0.2, 0) is 14.4 Å². The first-order valence-electron chi connectivity index (χ1n) is 11.3. The first-order chi connectivity index (χ1) is 13.4. The minimum atomic E-state index is -0.0562. The van der Waals surface area contributed by atoms with Gasteiger partial charge in [-0.05, 0) is 80.0 Å². The number of ether oxygens (including phenoxy) is 1. The summed E-state index contributed by atoms with van der Waals surface area (Å²) in [5.41, 5.74) is 7.00. The van der Waals surface area contributed by atoms with E-state index in [1.807, 2.05) is 7.11 Å². The number of rotatable bonds is 5. The molecule has 0 heterocycles. The highest BCUT2D eigenvalue weighted by Gasteiger charge is 2.61. The Morgan fingerprint density at radius 1 is 1.14 bits per heavy atom. The SMILES string of the molecule is COC[C@H]1C[C@@H]2[C@H](CC[C@]3(C)C(=O)CC[C@@H]23)[C@@]2(C)CCC(=NOCCN)CC12.Cl. The van der Waals surface area contributed by atoms with Crippen molar-refractivity contribution >= 4 is 23.9 Å². The molecule has 0 bridgehead atoms. The molecule has 0 saturated heterocycles. The van der Waals surface area contributed by atoms with E-state index >= 15 is 0 Å². The van der Waals surface area contributed by atoms with Gasteiger partial charge in [-0.3, -0.25) is 4.79 Å². The van der Waals surface area contributed by atoms with E-state index in [9.17, 15) is 4.79 Å². The molecule has 0 aromatic rings. The van der Waals surface area contributed by atoms with Crippen molar-refractivity contribution in [3.63, 3.8) is 0 Å². The molecule has 4 aliphatic rings. The fourth-order valence-electron chi connectivity index (χ4n) is 7.74. The van der Waals surface area contributed by atoms with Gasteiger partial charge in [0, 0.05) is 32.1 Å². The van der Waals surface area contributed by atoms with Gasteiger partial charge in [-0.2, -0.15) is 0 Å². The molecular formula is C23H39ClN2O3. The molecule has 0 amide bonds. The number of carbonyl (C=O) groups excluding carboxylic acids is 1. The number of carbonyl (C=O) groups is 1. The van der Waals surface area contributed by atoms with Crippen LogP contribution >= 0.6 is 12.4 Å². The molecule has 29 heavy (non-hydrogen) atoms. The highest BCUT2D eigenvalue weighted by molar-refractivity contribution is 5.87. The zero-order chi connectivity index (χ0) is 19.9. The predicted octanol–water partition coefficient (Wildman–Crippen LogP) is 4.22. The predicted molar refractivity (Wildman–Crippen MR) is 117 cm³/mol. The molecule has 0 spiro atoms. The van der Waals surface area contributed by atoms with E-state index < -0.39 is 0 Å². The van der Waals surface area contributed by atoms with Gasteiger partial charge in [-0.1, -0.05) is 19.0 Å². The van der Waals surface area contributed by atoms with E-state index in [1.165, 1.54) is 25.0 Å². The summed E-state index contributed by atoms with van der Waals surface area (Å²) in [7, 11) is 1.83. The number of halogens is 1. The summed E-state index contributed by atoms with van der Waals surface area (Å²) < 4.78 is 5.69. The van der Waals surface area contributed by atoms with Gasteiger partial charge in [-0.15, -0.1) is 12.4 Å². The Labute approximate surface area is 181 Å². The van der Waals surface area contributed by atoms with Crippen LogP contribution in [0.2, 0.25) is 0 Å². The summed E-state index contributed by atoms with van der Waals surface area (Å²) in [5.74, 6) is 3.68. The van der Waals surface area contributed by atoms with Crippen LogP contribution in [-0.4, -0.2) is 38.4 Å². The third-order valence-corrected chi connectivity index (χ3v) is 9.18. The monoisotopic (exact) mass is 426 g/mol. The van der Waals surface area contributed by atoms with E-state index in [-0.39, 0.29) is 17.8 Å². The summed E-state index contributed by atoms with van der Waals surface area (Å²) in [5, 5.41) is 4.42. The smallest absolute Gasteiger partial charge is 0.139 e. The lowest BCUT2D eigenvalue weighted by Crippen LogP contribution is -2.57. The minimum Gasteiger partial charge on any atom is -0.395 e. The molecule has 1 unspecified atom stereocenters. The van der Waals surface area contributed by atoms with Crippen molar-refractivity contribution in [3.8, 4) is 0 Å². The van der Waals surface area contributed by atoms with Crippen molar-refractivity contribution in [2.45, 2.75) is 65.2 Å². The van der Waals surface area contributed by atoms with Gasteiger partial charge in [0.15, 0.2) is 0 Å². The van der Waals surface area contributed by atoms with Crippen LogP contribution in [0.5, 0.6) is 0 Å². The largest absolute Gasteiger partial charge is 0.395 e. The summed E-state index contributed by atoms with van der Waals surface area (Å²) in [6.07, 6.45) is 8.66. The van der Waals surface area contributed by atoms with Crippen molar-refractivity contribution in [1.29, 1.82) is 0 Å². The zero-order valence-electron chi connectivity index (χ0n) is 18.3. The maximum Gasteiger partial charge on any atom is 0.139 e. The quantitative estimate of drug-likeness (QED) is 0.527. The molecule has 7 atom stereocenters. The summed E-state index contributed by atoms with van der Waals surface area (Å²) in [6.45, 7) is 6.62. The van der Waals surface area contributed by atoms with Crippen molar-refractivity contribution in [2.24, 2.45) is 51.3 Å². The van der Waals surface area contributed by atoms with Gasteiger partial charge < -0.3 is 15.3 Å². The second-order valence-corrected chi connectivity index (χ2v) is 10.3. The topological polar surface area (TPSA) is 73.9 Å². The minimum absolute atomic E-state index is 0. The number of methoxy groups -OCH3 is 1. The molecule has 5 nitrogen and oxygen atoms in total. The molecule has 6 heteroatoms. The normalized spacial score (nSPS) is 45.2. The number of hydrogen-bond acceptors (Lipinski definition) is 5. The highest BCUT2D eigenvalue weighted by Crippen LogP contribution is 2.66. The van der Waals surface area contributed by atoms with Crippen LogP contribution in [0.25, 0.3) is 0 Å². The maximum absolute atomic E-state index is 12.7. The highest BCUT2D eigenvalue weighted by atomic mass is 35.5. The summed E-state index contributed by atoms with van der Waals surface area (Å²) in [4.78, 5) is 18.1. The average molecular weight is 427 g/mol. The molecule has 4 saturated carbocycles. The third kappa shape index (κ3) is 3.76. The lowest BCUT2D eigenvalue weighted by atomic mass is 9.43. The van der Waals surface area contributed by atoms with Gasteiger partial charge >= 0.3 is 0 Å². The first kappa shape index (κ1) is 23.0. The molecule has 0 aromatic carbocycles. The Morgan fingerprint density at radius 2 is 1.93 bits per heavy atom. The number of fused-ring (bicyclic) bond motifs is 5. The number of nitrogens with two attached hydrogens (primary N) is 1. The molecule has 0 radical (unpaired) electrons. The standard InChI is InChI=1S/C23H38N2O3.ClH/c1-22-8-6-16(25-28-11-10-24)13-20(22)15(14-27-3)12-17-18-4-5-21(26)23(18,2)9-7-19(17)22;/h15,17-20H,4-14,24H2,1-3H3;1H/t15-,17+,18+,19+,20?,22-,23+;/m1./s1. The molecule has 0 aliphatic heterocycles. The fraction of sp³-hybridized carbons (Fsp3) is 0.913. The lowest BCUT2D eigenvalue weighted by molar-refractivity contribution is -0.145. The Morgan fingerprint density at radius 3 is 2.66 bits per heavy atom. The fourth-order valence-corrected chi connectivity index (χ4v) is 7.74. The van der Waals surface area contributed by atoms with E-state index in [2.05, 4.69) is 19.0 Å². The van der Waals surface area contributed by atoms with Crippen molar-refractivity contribution in [1.82, 2.24) is 0 Å². The van der Waals surface area contributed by atoms with Crippen LogP contribution in [0.1, 0.15) is 65.2 Å². The Balaban J connectivity index is 0.00000240. The maximum atomic E-state index is 12.7. The second-order valence-electron chi connectivity index (χ2n) is 10.3. The summed E-state index contributed by atoms with van der Waals surface area (Å²) >= 11 is 0. The Bertz CT molecular complexity index is 642. The zero-order valence-corrected chi connectivity index (χ0v) is 19.1. The molecule has 0 aromatic heterocycles. The van der Waals surface area contributed by atoms with E-state index in [0.29, 0.717) is 48.0 Å². The van der Waals surface area contributed by atoms with Crippen LogP contribution in [0.15, 0.2) is 5.16 Å². The average Bonchev–Trinajstić information content (AvgIpc) is 2.98. The van der Waals surface area contributed by atoms with E-state index in [0.717, 1.165) is 44.6 Å². The molecule has 4 fully saturated rings. The Hall–Kier alpha value is -0.650. The Kier molecular flexibility index (Phi) is 7.02. The van der Waals surface area contributed by atoms with Crippen LogP contribution in [0.3, 0.4) is 0 Å². The summed E-state index contributed by atoms with van der Waals surface area (Å²) in [6, 6.07) is 0. The molecular weight excluding hydrogens is 388 g/mol. The van der Waals surface area contributed by atoms with Crippen LogP contribution in [0.4, 0.5) is 0 Å². The van der Waals surface area contributed by atoms with Gasteiger partial charge in [0.05, 0.1) is 5.71 Å². The number of ketones is 1. The number of oxime groups is 1. The molecule has 166 valence electrons. The van der Waals surface area contributed by atoms with Crippen LogP contribution < -0.4 is 5.73 Å².